The summed E-state index contributed by atoms with van der Waals surface area (Å²) in [5.41, 5.74) is 3.43. The summed E-state index contributed by atoms with van der Waals surface area (Å²) < 4.78 is 15.7. The molecular formula is C11H13BrFN5. The third kappa shape index (κ3) is 2.92. The molecule has 1 heterocycles. The average Bonchev–Trinajstić information content (AvgIpc) is 2.70. The minimum absolute atomic E-state index is 0.222. The predicted molar refractivity (Wildman–Crippen MR) is 68.9 cm³/mol. The van der Waals surface area contributed by atoms with Crippen LogP contribution in [-0.4, -0.2) is 14.8 Å². The van der Waals surface area contributed by atoms with Gasteiger partial charge in [-0.3, -0.25) is 16.0 Å². The molecule has 1 aromatic heterocycles. The molecule has 0 amide bonds. The third-order valence-electron chi connectivity index (χ3n) is 2.68. The van der Waals surface area contributed by atoms with Crippen LogP contribution < -0.4 is 11.3 Å². The molecule has 1 unspecified atom stereocenters. The molecule has 1 aromatic carbocycles. The normalized spacial score (nSPS) is 12.7. The van der Waals surface area contributed by atoms with Gasteiger partial charge in [0.05, 0.1) is 6.04 Å². The Kier molecular flexibility index (Phi) is 4.05. The second-order valence-corrected chi connectivity index (χ2v) is 4.84. The van der Waals surface area contributed by atoms with E-state index in [0.717, 1.165) is 11.4 Å². The van der Waals surface area contributed by atoms with Crippen molar-refractivity contribution in [1.82, 2.24) is 20.2 Å². The van der Waals surface area contributed by atoms with Gasteiger partial charge in [-0.1, -0.05) is 15.9 Å². The number of nitrogens with zero attached hydrogens (tertiary/aromatic N) is 3. The summed E-state index contributed by atoms with van der Waals surface area (Å²) in [5.74, 6) is 5.99. The van der Waals surface area contributed by atoms with Crippen molar-refractivity contribution in [3.8, 4) is 0 Å². The van der Waals surface area contributed by atoms with Crippen molar-refractivity contribution in [2.75, 3.05) is 0 Å². The van der Waals surface area contributed by atoms with E-state index in [4.69, 9.17) is 5.84 Å². The van der Waals surface area contributed by atoms with Gasteiger partial charge in [-0.2, -0.15) is 5.10 Å². The standard InChI is InChI=1S/C11H13BrFN5/c1-18-11(15-6-16-18)5-10(17-14)7-2-8(12)4-9(13)3-7/h2-4,6,10,17H,5,14H2,1H3. The fourth-order valence-corrected chi connectivity index (χ4v) is 2.22. The van der Waals surface area contributed by atoms with Crippen LogP contribution in [0.4, 0.5) is 4.39 Å². The van der Waals surface area contributed by atoms with Crippen LogP contribution >= 0.6 is 15.9 Å². The first kappa shape index (κ1) is 13.1. The lowest BCUT2D eigenvalue weighted by Crippen LogP contribution is -2.30. The lowest BCUT2D eigenvalue weighted by Gasteiger charge is -2.16. The second-order valence-electron chi connectivity index (χ2n) is 3.93. The van der Waals surface area contributed by atoms with Crippen LogP contribution in [-0.2, 0) is 13.5 Å². The monoisotopic (exact) mass is 313 g/mol. The van der Waals surface area contributed by atoms with Gasteiger partial charge in [0.1, 0.15) is 18.0 Å². The molecule has 0 spiro atoms. The summed E-state index contributed by atoms with van der Waals surface area (Å²) in [7, 11) is 1.80. The highest BCUT2D eigenvalue weighted by Gasteiger charge is 2.15. The number of hydrogen-bond acceptors (Lipinski definition) is 4. The Morgan fingerprint density at radius 2 is 2.28 bits per heavy atom. The van der Waals surface area contributed by atoms with Crippen LogP contribution in [0, 0.1) is 5.82 Å². The first-order valence-electron chi connectivity index (χ1n) is 5.35. The average molecular weight is 314 g/mol. The van der Waals surface area contributed by atoms with Crippen LogP contribution in [0.2, 0.25) is 0 Å². The Hall–Kier alpha value is -1.31. The van der Waals surface area contributed by atoms with E-state index in [9.17, 15) is 4.39 Å². The number of nitrogens with two attached hydrogens (primary N) is 1. The van der Waals surface area contributed by atoms with Gasteiger partial charge in [0.25, 0.3) is 0 Å². The molecule has 0 radical (unpaired) electrons. The molecule has 0 bridgehead atoms. The van der Waals surface area contributed by atoms with E-state index in [1.54, 1.807) is 11.7 Å². The van der Waals surface area contributed by atoms with E-state index in [2.05, 4.69) is 31.4 Å². The zero-order valence-corrected chi connectivity index (χ0v) is 11.4. The van der Waals surface area contributed by atoms with Gasteiger partial charge in [0.15, 0.2) is 0 Å². The summed E-state index contributed by atoms with van der Waals surface area (Å²) in [6, 6.07) is 4.45. The Morgan fingerprint density at radius 1 is 1.50 bits per heavy atom. The lowest BCUT2D eigenvalue weighted by molar-refractivity contribution is 0.518. The molecule has 0 saturated carbocycles. The van der Waals surface area contributed by atoms with E-state index in [-0.39, 0.29) is 11.9 Å². The van der Waals surface area contributed by atoms with Crippen molar-refractivity contribution in [3.05, 3.63) is 46.2 Å². The minimum atomic E-state index is -0.308. The molecule has 0 saturated heterocycles. The molecule has 0 aliphatic carbocycles. The maximum absolute atomic E-state index is 13.4. The predicted octanol–water partition coefficient (Wildman–Crippen LogP) is 1.46. The van der Waals surface area contributed by atoms with Crippen LogP contribution in [0.15, 0.2) is 29.0 Å². The number of aryl methyl sites for hydroxylation is 1. The highest BCUT2D eigenvalue weighted by atomic mass is 79.9. The van der Waals surface area contributed by atoms with Crippen molar-refractivity contribution >= 4 is 15.9 Å². The zero-order chi connectivity index (χ0) is 13.1. The van der Waals surface area contributed by atoms with E-state index in [1.807, 2.05) is 6.07 Å². The van der Waals surface area contributed by atoms with Crippen LogP contribution in [0.5, 0.6) is 0 Å². The molecular weight excluding hydrogens is 301 g/mol. The van der Waals surface area contributed by atoms with Crippen molar-refractivity contribution in [2.24, 2.45) is 12.9 Å². The SMILES string of the molecule is Cn1ncnc1CC(NN)c1cc(F)cc(Br)c1. The van der Waals surface area contributed by atoms with Gasteiger partial charge < -0.3 is 0 Å². The van der Waals surface area contributed by atoms with E-state index in [1.165, 1.54) is 18.5 Å². The first-order chi connectivity index (χ1) is 8.60. The van der Waals surface area contributed by atoms with Crippen molar-refractivity contribution in [1.29, 1.82) is 0 Å². The van der Waals surface area contributed by atoms with E-state index >= 15 is 0 Å². The van der Waals surface area contributed by atoms with Gasteiger partial charge in [-0.25, -0.2) is 9.37 Å². The largest absolute Gasteiger partial charge is 0.271 e. The fourth-order valence-electron chi connectivity index (χ4n) is 1.74. The Labute approximate surface area is 112 Å². The maximum Gasteiger partial charge on any atom is 0.138 e. The topological polar surface area (TPSA) is 68.8 Å². The number of benzene rings is 1. The highest BCUT2D eigenvalue weighted by molar-refractivity contribution is 9.10. The number of nitrogens with one attached hydrogen (secondary N) is 1. The summed E-state index contributed by atoms with van der Waals surface area (Å²) in [6.07, 6.45) is 2.01. The molecule has 0 fully saturated rings. The van der Waals surface area contributed by atoms with Crippen molar-refractivity contribution in [2.45, 2.75) is 12.5 Å². The number of hydrogen-bond donors (Lipinski definition) is 2. The van der Waals surface area contributed by atoms with Gasteiger partial charge in [-0.15, -0.1) is 0 Å². The lowest BCUT2D eigenvalue weighted by atomic mass is 10.0. The summed E-state index contributed by atoms with van der Waals surface area (Å²) in [4.78, 5) is 4.12. The highest BCUT2D eigenvalue weighted by Crippen LogP contribution is 2.22. The molecule has 3 N–H and O–H groups in total. The summed E-state index contributed by atoms with van der Waals surface area (Å²) in [5, 5.41) is 3.99. The van der Waals surface area contributed by atoms with E-state index in [0.29, 0.717) is 10.9 Å². The summed E-state index contributed by atoms with van der Waals surface area (Å²) >= 11 is 3.26. The van der Waals surface area contributed by atoms with Crippen molar-refractivity contribution in [3.63, 3.8) is 0 Å². The van der Waals surface area contributed by atoms with E-state index < -0.39 is 0 Å². The molecule has 2 rings (SSSR count). The second kappa shape index (κ2) is 5.55. The molecule has 0 aliphatic rings. The molecule has 18 heavy (non-hydrogen) atoms. The quantitative estimate of drug-likeness (QED) is 0.662. The van der Waals surface area contributed by atoms with Crippen LogP contribution in [0.1, 0.15) is 17.4 Å². The van der Waals surface area contributed by atoms with Gasteiger partial charge in [0, 0.05) is 17.9 Å². The fraction of sp³-hybridized carbons (Fsp3) is 0.273. The number of aromatic nitrogens is 3. The number of halogens is 2. The number of hydrazine groups is 1. The van der Waals surface area contributed by atoms with Crippen LogP contribution in [0.25, 0.3) is 0 Å². The molecule has 5 nitrogen and oxygen atoms in total. The molecule has 7 heteroatoms. The van der Waals surface area contributed by atoms with Crippen LogP contribution in [0.3, 0.4) is 0 Å². The minimum Gasteiger partial charge on any atom is -0.271 e. The van der Waals surface area contributed by atoms with Gasteiger partial charge >= 0.3 is 0 Å². The first-order valence-corrected chi connectivity index (χ1v) is 6.14. The zero-order valence-electron chi connectivity index (χ0n) is 9.77. The number of rotatable bonds is 4. The Balaban J connectivity index is 2.25. The summed E-state index contributed by atoms with van der Waals surface area (Å²) in [6.45, 7) is 0. The van der Waals surface area contributed by atoms with Crippen molar-refractivity contribution < 1.29 is 4.39 Å². The molecule has 1 atom stereocenters. The maximum atomic E-state index is 13.4. The Bertz CT molecular complexity index is 522. The molecule has 0 aliphatic heterocycles. The van der Waals surface area contributed by atoms with Gasteiger partial charge in [0.2, 0.25) is 0 Å². The molecule has 2 aromatic rings. The van der Waals surface area contributed by atoms with Gasteiger partial charge in [-0.05, 0) is 23.8 Å². The third-order valence-corrected chi connectivity index (χ3v) is 3.14. The smallest absolute Gasteiger partial charge is 0.138 e. The molecule has 96 valence electrons. The Morgan fingerprint density at radius 3 is 2.83 bits per heavy atom.